The van der Waals surface area contributed by atoms with E-state index in [-0.39, 0.29) is 58.1 Å². The number of ether oxygens (including phenoxy) is 2. The Labute approximate surface area is 277 Å². The average Bonchev–Trinajstić information content (AvgIpc) is 3.79. The van der Waals surface area contributed by atoms with Crippen LogP contribution in [0.25, 0.3) is 0 Å². The number of H-pyrrole nitrogens is 1. The Hall–Kier alpha value is -4.42. The Bertz CT molecular complexity index is 1990. The normalized spacial score (nSPS) is 27.0. The molecule has 0 spiro atoms. The first kappa shape index (κ1) is 29.9. The quantitative estimate of drug-likeness (QED) is 0.246. The molecule has 3 heterocycles. The highest BCUT2D eigenvalue weighted by atomic mass is 32.2. The lowest BCUT2D eigenvalue weighted by Gasteiger charge is -2.43. The van der Waals surface area contributed by atoms with Crippen LogP contribution in [0.3, 0.4) is 0 Å². The van der Waals surface area contributed by atoms with Crippen LogP contribution in [0.2, 0.25) is 0 Å². The number of aryl methyl sites for hydroxylation is 1. The molecule has 0 radical (unpaired) electrons. The number of thioether (sulfide) groups is 1. The summed E-state index contributed by atoms with van der Waals surface area (Å²) >= 11 is 2.78. The molecule has 3 aromatic carbocycles. The molecule has 2 aliphatic heterocycles. The Kier molecular flexibility index (Phi) is 7.25. The third-order valence-electron chi connectivity index (χ3n) is 10.0. The van der Waals surface area contributed by atoms with Crippen LogP contribution in [0.5, 0.6) is 11.5 Å². The molecule has 4 aromatic rings. The van der Waals surface area contributed by atoms with E-state index in [1.807, 2.05) is 43.3 Å². The molecule has 4 aliphatic rings. The van der Waals surface area contributed by atoms with E-state index in [0.29, 0.717) is 22.9 Å². The molecule has 2 aliphatic carbocycles. The number of aromatic nitrogens is 1. The minimum absolute atomic E-state index is 0.00769. The van der Waals surface area contributed by atoms with Crippen LogP contribution in [0.1, 0.15) is 28.3 Å². The van der Waals surface area contributed by atoms with Crippen molar-refractivity contribution in [2.45, 2.75) is 29.5 Å². The second-order valence-electron chi connectivity index (χ2n) is 12.6. The smallest absolute Gasteiger partial charge is 0.305 e. The molecule has 12 heteroatoms. The highest BCUT2D eigenvalue weighted by Gasteiger charge is 2.69. The summed E-state index contributed by atoms with van der Waals surface area (Å²) in [5.41, 5.74) is 3.00. The number of carbonyl (C=O) groups excluding carboxylic acids is 3. The molecular weight excluding hydrogens is 642 g/mol. The van der Waals surface area contributed by atoms with E-state index in [2.05, 4.69) is 10.3 Å². The molecule has 240 valence electrons. The number of halogens is 1. The summed E-state index contributed by atoms with van der Waals surface area (Å²) in [6.07, 6.45) is 0.746. The predicted molar refractivity (Wildman–Crippen MR) is 176 cm³/mol. The number of nitrogens with zero attached hydrogens (tertiary/aromatic N) is 1. The molecule has 7 atom stereocenters. The lowest BCUT2D eigenvalue weighted by Crippen LogP contribution is -2.42. The van der Waals surface area contributed by atoms with Crippen LogP contribution in [-0.2, 0) is 14.4 Å². The van der Waals surface area contributed by atoms with Crippen molar-refractivity contribution in [3.63, 3.8) is 0 Å². The summed E-state index contributed by atoms with van der Waals surface area (Å²) in [5.74, 6) is -1.63. The average molecular weight is 672 g/mol. The predicted octanol–water partition coefficient (Wildman–Crippen LogP) is 5.59. The number of imide groups is 1. The number of aromatic amines is 1. The topological polar surface area (TPSA) is 118 Å². The number of rotatable bonds is 7. The molecule has 1 aromatic heterocycles. The zero-order valence-electron chi connectivity index (χ0n) is 25.4. The van der Waals surface area contributed by atoms with Gasteiger partial charge in [-0.25, -0.2) is 4.39 Å². The molecule has 2 N–H and O–H groups in total. The second-order valence-corrected chi connectivity index (χ2v) is 14.8. The van der Waals surface area contributed by atoms with Gasteiger partial charge in [0.2, 0.25) is 11.8 Å². The van der Waals surface area contributed by atoms with Gasteiger partial charge in [-0.15, -0.1) is 11.8 Å². The summed E-state index contributed by atoms with van der Waals surface area (Å²) in [4.78, 5) is 58.0. The number of fused-ring (bicyclic) bond motifs is 9. The van der Waals surface area contributed by atoms with Gasteiger partial charge >= 0.3 is 4.87 Å². The molecular formula is C35H30FN3O6S2. The van der Waals surface area contributed by atoms with Crippen molar-refractivity contribution >= 4 is 52.2 Å². The Balaban J connectivity index is 1.09. The van der Waals surface area contributed by atoms with Gasteiger partial charge < -0.3 is 19.8 Å². The van der Waals surface area contributed by atoms with E-state index >= 15 is 0 Å². The minimum Gasteiger partial charge on any atom is -0.493 e. The number of hydrogen-bond donors (Lipinski definition) is 2. The van der Waals surface area contributed by atoms with Crippen LogP contribution in [0.4, 0.5) is 15.8 Å². The molecule has 9 nitrogen and oxygen atoms in total. The van der Waals surface area contributed by atoms with Crippen molar-refractivity contribution in [2.75, 3.05) is 23.9 Å². The summed E-state index contributed by atoms with van der Waals surface area (Å²) in [7, 11) is 1.54. The van der Waals surface area contributed by atoms with E-state index < -0.39 is 17.7 Å². The van der Waals surface area contributed by atoms with Gasteiger partial charge in [-0.3, -0.25) is 24.1 Å². The largest absolute Gasteiger partial charge is 0.493 e. The van der Waals surface area contributed by atoms with E-state index in [1.165, 1.54) is 47.6 Å². The number of anilines is 2. The van der Waals surface area contributed by atoms with Crippen molar-refractivity contribution in [3.8, 4) is 11.5 Å². The third kappa shape index (κ3) is 4.88. The Morgan fingerprint density at radius 2 is 1.77 bits per heavy atom. The number of methoxy groups -OCH3 is 1. The number of hydrogen-bond acceptors (Lipinski definition) is 8. The lowest BCUT2D eigenvalue weighted by atomic mass is 9.68. The van der Waals surface area contributed by atoms with Crippen LogP contribution < -0.4 is 24.6 Å². The van der Waals surface area contributed by atoms with Gasteiger partial charge in [-0.05, 0) is 90.8 Å². The van der Waals surface area contributed by atoms with Gasteiger partial charge in [0, 0.05) is 21.7 Å². The first-order chi connectivity index (χ1) is 22.7. The molecule has 1 saturated heterocycles. The summed E-state index contributed by atoms with van der Waals surface area (Å²) in [6, 6.07) is 18.6. The standard InChI is InChI=1S/C35H30FN3O6S2/c1-16-4-3-5-19(12-16)37-25(40)15-45-23-11-6-17(13-24(23)44-2)26-27-21-14-22(30(27)46-32-31(26)47-35(43)38-32)29-28(21)33(41)39(34(29)42)20-9-7-18(36)8-10-20/h3-13,21-22,26-30H,14-15H2,1-2H3,(H,37,40)(H,38,43)/t21?,22?,26-,27?,28?,29?,30?/m1/s1. The number of amides is 3. The SMILES string of the molecule is COc1cc([C@H]2c3sc(=O)[nH]c3SC3C4CC(C5C(=O)N(c6ccc(F)cc6)C(=O)C45)C32)ccc1OCC(=O)Nc1cccc(C)c1. The van der Waals surface area contributed by atoms with Gasteiger partial charge in [-0.2, -0.15) is 0 Å². The first-order valence-corrected chi connectivity index (χ1v) is 17.1. The molecule has 2 bridgehead atoms. The van der Waals surface area contributed by atoms with Crippen molar-refractivity contribution in [1.82, 2.24) is 4.98 Å². The number of carbonyl (C=O) groups is 3. The fourth-order valence-electron chi connectivity index (χ4n) is 8.29. The Morgan fingerprint density at radius 3 is 2.51 bits per heavy atom. The van der Waals surface area contributed by atoms with Crippen molar-refractivity contribution < 1.29 is 28.2 Å². The maximum absolute atomic E-state index is 13.9. The van der Waals surface area contributed by atoms with Crippen LogP contribution in [0, 0.1) is 42.3 Å². The number of benzene rings is 3. The second kappa shape index (κ2) is 11.4. The van der Waals surface area contributed by atoms with Gasteiger partial charge in [0.05, 0.1) is 29.7 Å². The van der Waals surface area contributed by atoms with E-state index in [4.69, 9.17) is 9.47 Å². The maximum atomic E-state index is 13.9. The molecule has 47 heavy (non-hydrogen) atoms. The summed E-state index contributed by atoms with van der Waals surface area (Å²) < 4.78 is 25.3. The zero-order valence-corrected chi connectivity index (χ0v) is 27.0. The van der Waals surface area contributed by atoms with Gasteiger partial charge in [0.1, 0.15) is 5.82 Å². The molecule has 8 rings (SSSR count). The lowest BCUT2D eigenvalue weighted by molar-refractivity contribution is -0.123. The van der Waals surface area contributed by atoms with Crippen LogP contribution in [0.15, 0.2) is 76.6 Å². The highest BCUT2D eigenvalue weighted by Crippen LogP contribution is 2.68. The molecule has 3 amide bonds. The monoisotopic (exact) mass is 671 g/mol. The summed E-state index contributed by atoms with van der Waals surface area (Å²) in [5, 5.41) is 3.65. The minimum atomic E-state index is -0.476. The molecule has 3 fully saturated rings. The molecule has 6 unspecified atom stereocenters. The van der Waals surface area contributed by atoms with Crippen LogP contribution >= 0.6 is 23.1 Å². The number of nitrogens with one attached hydrogen (secondary N) is 2. The van der Waals surface area contributed by atoms with E-state index in [0.717, 1.165) is 27.5 Å². The molecule has 2 saturated carbocycles. The fourth-order valence-corrected chi connectivity index (χ4v) is 11.2. The maximum Gasteiger partial charge on any atom is 0.305 e. The number of thiazole rings is 1. The van der Waals surface area contributed by atoms with Crippen LogP contribution in [-0.4, -0.2) is 41.7 Å². The van der Waals surface area contributed by atoms with Gasteiger partial charge in [-0.1, -0.05) is 29.5 Å². The van der Waals surface area contributed by atoms with Gasteiger partial charge in [0.15, 0.2) is 18.1 Å². The zero-order chi connectivity index (χ0) is 32.6. The fraction of sp³-hybridized carbons (Fsp3) is 0.314. The van der Waals surface area contributed by atoms with Crippen molar-refractivity contribution in [1.29, 1.82) is 0 Å². The van der Waals surface area contributed by atoms with E-state index in [9.17, 15) is 23.6 Å². The van der Waals surface area contributed by atoms with Crippen molar-refractivity contribution in [3.05, 3.63) is 98.2 Å². The Morgan fingerprint density at radius 1 is 1.00 bits per heavy atom. The third-order valence-corrected chi connectivity index (χ3v) is 12.6. The highest BCUT2D eigenvalue weighted by molar-refractivity contribution is 8.00. The summed E-state index contributed by atoms with van der Waals surface area (Å²) in [6.45, 7) is 1.73. The van der Waals surface area contributed by atoms with E-state index in [1.54, 1.807) is 17.8 Å². The first-order valence-electron chi connectivity index (χ1n) is 15.4. The van der Waals surface area contributed by atoms with Gasteiger partial charge in [0.25, 0.3) is 5.91 Å². The van der Waals surface area contributed by atoms with Crippen molar-refractivity contribution in [2.24, 2.45) is 29.6 Å².